The molecule has 1 aliphatic rings. The lowest BCUT2D eigenvalue weighted by atomic mass is 9.85. The molecule has 5 heteroatoms. The lowest BCUT2D eigenvalue weighted by Gasteiger charge is -2.33. The molecule has 1 aromatic rings. The van der Waals surface area contributed by atoms with Gasteiger partial charge in [0, 0.05) is 24.6 Å². The third-order valence-electron chi connectivity index (χ3n) is 4.13. The number of hydrogen-bond acceptors (Lipinski definition) is 3. The maximum atomic E-state index is 14.0. The molecule has 2 rings (SSSR count). The standard InChI is InChI=1S/C15H18F2N2O/c1-9-11(15(2,3)20)4-5-19(9)14-7-12(16)10(8-18)6-13(14)17/h6-7,9,11,20H,4-5H2,1-3H3. The van der Waals surface area contributed by atoms with Gasteiger partial charge in [-0.1, -0.05) is 0 Å². The summed E-state index contributed by atoms with van der Waals surface area (Å²) in [6, 6.07) is 3.52. The summed E-state index contributed by atoms with van der Waals surface area (Å²) in [5, 5.41) is 18.8. The summed E-state index contributed by atoms with van der Waals surface area (Å²) in [6.45, 7) is 5.91. The molecule has 0 aromatic heterocycles. The molecular weight excluding hydrogens is 262 g/mol. The zero-order valence-corrected chi connectivity index (χ0v) is 11.8. The highest BCUT2D eigenvalue weighted by Gasteiger charge is 2.40. The van der Waals surface area contributed by atoms with E-state index < -0.39 is 17.2 Å². The van der Waals surface area contributed by atoms with Crippen LogP contribution in [-0.2, 0) is 0 Å². The van der Waals surface area contributed by atoms with E-state index in [0.29, 0.717) is 13.0 Å². The second-order valence-corrected chi connectivity index (χ2v) is 5.88. The average Bonchev–Trinajstić information content (AvgIpc) is 2.73. The number of benzene rings is 1. The summed E-state index contributed by atoms with van der Waals surface area (Å²) in [4.78, 5) is 1.75. The van der Waals surface area contributed by atoms with Gasteiger partial charge in [0.05, 0.1) is 16.9 Å². The number of halogens is 2. The van der Waals surface area contributed by atoms with Crippen LogP contribution in [0.5, 0.6) is 0 Å². The fraction of sp³-hybridized carbons (Fsp3) is 0.533. The minimum absolute atomic E-state index is 0.0133. The molecule has 0 spiro atoms. The van der Waals surface area contributed by atoms with Gasteiger partial charge in [0.15, 0.2) is 0 Å². The third kappa shape index (κ3) is 2.48. The van der Waals surface area contributed by atoms with Crippen molar-refractivity contribution >= 4 is 5.69 Å². The normalized spacial score (nSPS) is 22.9. The second kappa shape index (κ2) is 5.02. The van der Waals surface area contributed by atoms with Crippen molar-refractivity contribution in [3.63, 3.8) is 0 Å². The van der Waals surface area contributed by atoms with Crippen molar-refractivity contribution in [2.75, 3.05) is 11.4 Å². The first-order chi connectivity index (χ1) is 9.25. The van der Waals surface area contributed by atoms with Crippen LogP contribution in [0.1, 0.15) is 32.8 Å². The van der Waals surface area contributed by atoms with Gasteiger partial charge in [-0.2, -0.15) is 5.26 Å². The molecular formula is C15H18F2N2O. The number of nitrogens with zero attached hydrogens (tertiary/aromatic N) is 2. The van der Waals surface area contributed by atoms with Crippen molar-refractivity contribution in [2.24, 2.45) is 5.92 Å². The van der Waals surface area contributed by atoms with Crippen molar-refractivity contribution < 1.29 is 13.9 Å². The minimum atomic E-state index is -0.865. The van der Waals surface area contributed by atoms with E-state index in [1.807, 2.05) is 6.92 Å². The number of aliphatic hydroxyl groups is 1. The van der Waals surface area contributed by atoms with Crippen LogP contribution >= 0.6 is 0 Å². The molecule has 0 amide bonds. The van der Waals surface area contributed by atoms with Gasteiger partial charge in [0.25, 0.3) is 0 Å². The Morgan fingerprint density at radius 1 is 1.35 bits per heavy atom. The van der Waals surface area contributed by atoms with Crippen LogP contribution in [0.25, 0.3) is 0 Å². The molecule has 1 saturated heterocycles. The second-order valence-electron chi connectivity index (χ2n) is 5.88. The van der Waals surface area contributed by atoms with E-state index in [-0.39, 0.29) is 23.2 Å². The molecule has 1 aromatic carbocycles. The van der Waals surface area contributed by atoms with Crippen LogP contribution in [0.15, 0.2) is 12.1 Å². The van der Waals surface area contributed by atoms with Gasteiger partial charge in [-0.25, -0.2) is 8.78 Å². The van der Waals surface area contributed by atoms with Gasteiger partial charge < -0.3 is 10.0 Å². The van der Waals surface area contributed by atoms with Gasteiger partial charge in [-0.15, -0.1) is 0 Å². The molecule has 3 nitrogen and oxygen atoms in total. The SMILES string of the molecule is CC1C(C(C)(C)O)CCN1c1cc(F)c(C#N)cc1F. The quantitative estimate of drug-likeness (QED) is 0.906. The molecule has 0 bridgehead atoms. The first-order valence-electron chi connectivity index (χ1n) is 6.64. The summed E-state index contributed by atoms with van der Waals surface area (Å²) in [6.07, 6.45) is 0.714. The van der Waals surface area contributed by atoms with Crippen molar-refractivity contribution in [1.29, 1.82) is 5.26 Å². The predicted molar refractivity (Wildman–Crippen MR) is 72.3 cm³/mol. The van der Waals surface area contributed by atoms with E-state index in [2.05, 4.69) is 0 Å². The van der Waals surface area contributed by atoms with Gasteiger partial charge >= 0.3 is 0 Å². The summed E-state index contributed by atoms with van der Waals surface area (Å²) >= 11 is 0. The molecule has 0 radical (unpaired) electrons. The largest absolute Gasteiger partial charge is 0.390 e. The van der Waals surface area contributed by atoms with Crippen LogP contribution in [0, 0.1) is 28.9 Å². The summed E-state index contributed by atoms with van der Waals surface area (Å²) in [5.74, 6) is -1.34. The molecule has 1 fully saturated rings. The van der Waals surface area contributed by atoms with Crippen molar-refractivity contribution in [2.45, 2.75) is 38.8 Å². The zero-order chi connectivity index (χ0) is 15.1. The van der Waals surface area contributed by atoms with Crippen LogP contribution in [0.2, 0.25) is 0 Å². The van der Waals surface area contributed by atoms with E-state index in [1.165, 1.54) is 0 Å². The Labute approximate surface area is 117 Å². The molecule has 2 atom stereocenters. The molecule has 20 heavy (non-hydrogen) atoms. The Morgan fingerprint density at radius 2 is 2.00 bits per heavy atom. The molecule has 0 saturated carbocycles. The molecule has 0 aliphatic carbocycles. The van der Waals surface area contributed by atoms with Crippen LogP contribution in [0.3, 0.4) is 0 Å². The summed E-state index contributed by atoms with van der Waals surface area (Å²) in [7, 11) is 0. The monoisotopic (exact) mass is 280 g/mol. The third-order valence-corrected chi connectivity index (χ3v) is 4.13. The highest BCUT2D eigenvalue weighted by molar-refractivity contribution is 5.53. The predicted octanol–water partition coefficient (Wildman–Crippen LogP) is 2.82. The Balaban J connectivity index is 2.35. The minimum Gasteiger partial charge on any atom is -0.390 e. The Kier molecular flexibility index (Phi) is 3.70. The van der Waals surface area contributed by atoms with Crippen molar-refractivity contribution in [3.05, 3.63) is 29.3 Å². The number of hydrogen-bond donors (Lipinski definition) is 1. The number of nitriles is 1. The van der Waals surface area contributed by atoms with Crippen LogP contribution < -0.4 is 4.90 Å². The van der Waals surface area contributed by atoms with Crippen LogP contribution in [0.4, 0.5) is 14.5 Å². The summed E-state index contributed by atoms with van der Waals surface area (Å²) < 4.78 is 27.7. The lowest BCUT2D eigenvalue weighted by Crippen LogP contribution is -2.40. The molecule has 1 heterocycles. The fourth-order valence-electron chi connectivity index (χ4n) is 3.07. The Hall–Kier alpha value is -1.67. The van der Waals surface area contributed by atoms with Crippen LogP contribution in [-0.4, -0.2) is 23.3 Å². The Morgan fingerprint density at radius 3 is 2.50 bits per heavy atom. The zero-order valence-electron chi connectivity index (χ0n) is 11.8. The number of rotatable bonds is 2. The average molecular weight is 280 g/mol. The smallest absolute Gasteiger partial charge is 0.148 e. The first-order valence-corrected chi connectivity index (χ1v) is 6.64. The molecule has 1 aliphatic heterocycles. The van der Waals surface area contributed by atoms with E-state index in [4.69, 9.17) is 5.26 Å². The van der Waals surface area contributed by atoms with Gasteiger partial charge in [-0.3, -0.25) is 0 Å². The van der Waals surface area contributed by atoms with Gasteiger partial charge in [0.2, 0.25) is 0 Å². The van der Waals surface area contributed by atoms with E-state index in [1.54, 1.807) is 24.8 Å². The number of anilines is 1. The molecule has 2 unspecified atom stereocenters. The fourth-order valence-corrected chi connectivity index (χ4v) is 3.07. The highest BCUT2D eigenvalue weighted by Crippen LogP contribution is 2.37. The Bertz CT molecular complexity index is 560. The maximum Gasteiger partial charge on any atom is 0.148 e. The van der Waals surface area contributed by atoms with E-state index in [0.717, 1.165) is 12.1 Å². The molecule has 1 N–H and O–H groups in total. The maximum absolute atomic E-state index is 14.0. The van der Waals surface area contributed by atoms with Crippen molar-refractivity contribution in [3.8, 4) is 6.07 Å². The van der Waals surface area contributed by atoms with E-state index >= 15 is 0 Å². The topological polar surface area (TPSA) is 47.3 Å². The van der Waals surface area contributed by atoms with Crippen molar-refractivity contribution in [1.82, 2.24) is 0 Å². The summed E-state index contributed by atoms with van der Waals surface area (Å²) in [5.41, 5.74) is -1.01. The highest BCUT2D eigenvalue weighted by atomic mass is 19.1. The molecule has 108 valence electrons. The van der Waals surface area contributed by atoms with E-state index in [9.17, 15) is 13.9 Å². The first kappa shape index (κ1) is 14.7. The van der Waals surface area contributed by atoms with Gasteiger partial charge in [-0.05, 0) is 33.3 Å². The lowest BCUT2D eigenvalue weighted by molar-refractivity contribution is 0.0156. The van der Waals surface area contributed by atoms with Gasteiger partial charge in [0.1, 0.15) is 17.7 Å².